The number of hydrogen-bond donors (Lipinski definition) is 1. The zero-order chi connectivity index (χ0) is 23.9. The van der Waals surface area contributed by atoms with Crippen molar-refractivity contribution in [3.05, 3.63) is 11.9 Å². The smallest absolute Gasteiger partial charge is 0.108 e. The van der Waals surface area contributed by atoms with Gasteiger partial charge in [0.2, 0.25) is 0 Å². The van der Waals surface area contributed by atoms with Crippen molar-refractivity contribution in [3.63, 3.8) is 0 Å². The minimum absolute atomic E-state index is 0.405. The Bertz CT molecular complexity index is 793. The van der Waals surface area contributed by atoms with Crippen molar-refractivity contribution in [2.45, 2.75) is 124 Å². The van der Waals surface area contributed by atoms with Crippen LogP contribution < -0.4 is 0 Å². The van der Waals surface area contributed by atoms with Crippen LogP contribution in [0.25, 0.3) is 0 Å². The standard InChI is InChI=1S/C30H51N3O/c1-20(2)7-6-8-21(3)26-11-12-27-25-10-9-22-17-24(34-19-23-18-31-33-32-23)13-15-29(22,4)28(25)14-16-30(26,27)5/h18,20-22,24-28H,6-17,19H2,1-5H3,(H,31,32,33)/t21-,22?,24?,25+,26-,27+,28+,29+,30-/m1/s1. The van der Waals surface area contributed by atoms with E-state index in [-0.39, 0.29) is 0 Å². The van der Waals surface area contributed by atoms with Crippen molar-refractivity contribution in [1.29, 1.82) is 0 Å². The van der Waals surface area contributed by atoms with E-state index >= 15 is 0 Å². The summed E-state index contributed by atoms with van der Waals surface area (Å²) in [5, 5.41) is 10.8. The SMILES string of the molecule is CC(C)CCC[C@@H](C)[C@H]1CC[C@H]2[C@@H]3CCC4CC(OCc5cn[nH]n5)CC[C@]4(C)[C@H]3CC[C@]12C. The molecule has 9 atom stereocenters. The van der Waals surface area contributed by atoms with Crippen molar-refractivity contribution < 1.29 is 4.74 Å². The summed E-state index contributed by atoms with van der Waals surface area (Å²) in [4.78, 5) is 0. The van der Waals surface area contributed by atoms with Gasteiger partial charge in [0.15, 0.2) is 0 Å². The Labute approximate surface area is 208 Å². The number of rotatable bonds is 8. The number of fused-ring (bicyclic) bond motifs is 5. The van der Waals surface area contributed by atoms with Crippen LogP contribution in [0.4, 0.5) is 0 Å². The quantitative estimate of drug-likeness (QED) is 0.422. The Hall–Kier alpha value is -0.900. The van der Waals surface area contributed by atoms with Gasteiger partial charge < -0.3 is 4.74 Å². The molecule has 0 amide bonds. The highest BCUT2D eigenvalue weighted by molar-refractivity contribution is 5.09. The van der Waals surface area contributed by atoms with Gasteiger partial charge in [0.05, 0.1) is 18.9 Å². The van der Waals surface area contributed by atoms with Gasteiger partial charge in [-0.2, -0.15) is 15.4 Å². The molecule has 4 aliphatic carbocycles. The first-order valence-corrected chi connectivity index (χ1v) is 14.8. The van der Waals surface area contributed by atoms with Crippen molar-refractivity contribution >= 4 is 0 Å². The molecule has 2 unspecified atom stereocenters. The lowest BCUT2D eigenvalue weighted by Gasteiger charge is -2.61. The third-order valence-electron chi connectivity index (χ3n) is 11.8. The van der Waals surface area contributed by atoms with E-state index in [1.165, 1.54) is 77.0 Å². The van der Waals surface area contributed by atoms with Crippen LogP contribution in [0.2, 0.25) is 0 Å². The van der Waals surface area contributed by atoms with Gasteiger partial charge >= 0.3 is 0 Å². The molecule has 34 heavy (non-hydrogen) atoms. The van der Waals surface area contributed by atoms with E-state index in [4.69, 9.17) is 4.74 Å². The Morgan fingerprint density at radius 1 is 0.971 bits per heavy atom. The predicted octanol–water partition coefficient (Wildman–Crippen LogP) is 7.81. The van der Waals surface area contributed by atoms with Crippen LogP contribution in [0.15, 0.2) is 6.20 Å². The average molecular weight is 470 g/mol. The second-order valence-electron chi connectivity index (χ2n) is 13.9. The van der Waals surface area contributed by atoms with Crippen LogP contribution in [0.3, 0.4) is 0 Å². The number of aromatic amines is 1. The first-order valence-electron chi connectivity index (χ1n) is 14.8. The minimum atomic E-state index is 0.405. The summed E-state index contributed by atoms with van der Waals surface area (Å²) < 4.78 is 6.31. The van der Waals surface area contributed by atoms with Gasteiger partial charge in [0.1, 0.15) is 5.69 Å². The molecule has 4 heteroatoms. The lowest BCUT2D eigenvalue weighted by Crippen LogP contribution is -2.54. The summed E-state index contributed by atoms with van der Waals surface area (Å²) in [5.41, 5.74) is 2.08. The van der Waals surface area contributed by atoms with Crippen LogP contribution in [-0.2, 0) is 11.3 Å². The normalized spacial score (nSPS) is 42.8. The third-order valence-corrected chi connectivity index (χ3v) is 11.8. The van der Waals surface area contributed by atoms with E-state index in [0.717, 1.165) is 47.1 Å². The number of H-pyrrole nitrogens is 1. The van der Waals surface area contributed by atoms with Gasteiger partial charge in [0, 0.05) is 0 Å². The zero-order valence-corrected chi connectivity index (χ0v) is 22.7. The Morgan fingerprint density at radius 2 is 1.76 bits per heavy atom. The Kier molecular flexibility index (Phi) is 7.19. The topological polar surface area (TPSA) is 50.8 Å². The fourth-order valence-corrected chi connectivity index (χ4v) is 9.89. The van der Waals surface area contributed by atoms with E-state index < -0.39 is 0 Å². The van der Waals surface area contributed by atoms with Crippen molar-refractivity contribution in [2.75, 3.05) is 0 Å². The fourth-order valence-electron chi connectivity index (χ4n) is 9.89. The summed E-state index contributed by atoms with van der Waals surface area (Å²) in [7, 11) is 0. The third kappa shape index (κ3) is 4.50. The Balaban J connectivity index is 1.21. The first-order chi connectivity index (χ1) is 16.3. The molecule has 4 aliphatic rings. The van der Waals surface area contributed by atoms with Gasteiger partial charge in [-0.05, 0) is 110 Å². The molecule has 1 aromatic heterocycles. The zero-order valence-electron chi connectivity index (χ0n) is 22.7. The first kappa shape index (κ1) is 24.8. The maximum Gasteiger partial charge on any atom is 0.108 e. The maximum atomic E-state index is 6.31. The van der Waals surface area contributed by atoms with Gasteiger partial charge in [-0.3, -0.25) is 0 Å². The average Bonchev–Trinajstić information content (AvgIpc) is 3.44. The minimum Gasteiger partial charge on any atom is -0.372 e. The monoisotopic (exact) mass is 469 g/mol. The highest BCUT2D eigenvalue weighted by Gasteiger charge is 2.60. The van der Waals surface area contributed by atoms with Gasteiger partial charge in [-0.25, -0.2) is 0 Å². The molecule has 0 saturated heterocycles. The molecule has 1 aromatic rings. The molecule has 5 rings (SSSR count). The highest BCUT2D eigenvalue weighted by Crippen LogP contribution is 2.68. The van der Waals surface area contributed by atoms with Gasteiger partial charge in [0.25, 0.3) is 0 Å². The number of ether oxygens (including phenoxy) is 1. The van der Waals surface area contributed by atoms with E-state index in [2.05, 4.69) is 50.0 Å². The molecule has 192 valence electrons. The largest absolute Gasteiger partial charge is 0.372 e. The lowest BCUT2D eigenvalue weighted by molar-refractivity contribution is -0.138. The molecule has 4 nitrogen and oxygen atoms in total. The van der Waals surface area contributed by atoms with Crippen LogP contribution in [0.1, 0.15) is 117 Å². The van der Waals surface area contributed by atoms with E-state index in [1.807, 2.05) is 0 Å². The lowest BCUT2D eigenvalue weighted by atomic mass is 9.44. The molecule has 0 aromatic carbocycles. The van der Waals surface area contributed by atoms with Crippen molar-refractivity contribution in [2.24, 2.45) is 52.3 Å². The predicted molar refractivity (Wildman–Crippen MR) is 138 cm³/mol. The Morgan fingerprint density at radius 3 is 2.53 bits per heavy atom. The molecule has 1 N–H and O–H groups in total. The van der Waals surface area contributed by atoms with E-state index in [1.54, 1.807) is 6.20 Å². The second kappa shape index (κ2) is 9.87. The van der Waals surface area contributed by atoms with Crippen LogP contribution in [0, 0.1) is 52.3 Å². The summed E-state index contributed by atoms with van der Waals surface area (Å²) in [6.45, 7) is 13.4. The fraction of sp³-hybridized carbons (Fsp3) is 0.933. The second-order valence-corrected chi connectivity index (χ2v) is 13.9. The van der Waals surface area contributed by atoms with Crippen LogP contribution in [0.5, 0.6) is 0 Å². The van der Waals surface area contributed by atoms with Crippen molar-refractivity contribution in [3.8, 4) is 0 Å². The summed E-state index contributed by atoms with van der Waals surface area (Å²) in [5.74, 6) is 6.51. The highest BCUT2D eigenvalue weighted by atomic mass is 16.5. The number of aromatic nitrogens is 3. The number of hydrogen-bond acceptors (Lipinski definition) is 3. The number of nitrogens with zero attached hydrogens (tertiary/aromatic N) is 2. The van der Waals surface area contributed by atoms with E-state index in [0.29, 0.717) is 23.5 Å². The van der Waals surface area contributed by atoms with Gasteiger partial charge in [-0.1, -0.05) is 53.9 Å². The van der Waals surface area contributed by atoms with Crippen LogP contribution in [-0.4, -0.2) is 21.5 Å². The maximum absolute atomic E-state index is 6.31. The molecule has 1 heterocycles. The molecule has 0 bridgehead atoms. The van der Waals surface area contributed by atoms with Gasteiger partial charge in [-0.15, -0.1) is 0 Å². The van der Waals surface area contributed by atoms with E-state index in [9.17, 15) is 0 Å². The van der Waals surface area contributed by atoms with Crippen LogP contribution >= 0.6 is 0 Å². The summed E-state index contributed by atoms with van der Waals surface area (Å²) in [6, 6.07) is 0. The summed E-state index contributed by atoms with van der Waals surface area (Å²) in [6.07, 6.45) is 19.3. The molecule has 0 radical (unpaired) electrons. The molecule has 4 fully saturated rings. The molecular weight excluding hydrogens is 418 g/mol. The molecule has 0 spiro atoms. The summed E-state index contributed by atoms with van der Waals surface area (Å²) >= 11 is 0. The molecule has 0 aliphatic heterocycles. The molecular formula is C30H51N3O. The molecule has 4 saturated carbocycles. The van der Waals surface area contributed by atoms with Crippen molar-refractivity contribution in [1.82, 2.24) is 15.4 Å². The number of nitrogens with one attached hydrogen (secondary N) is 1.